The molecule has 0 aliphatic carbocycles. The lowest BCUT2D eigenvalue weighted by molar-refractivity contribution is 0.167. The van der Waals surface area contributed by atoms with Gasteiger partial charge in [0.1, 0.15) is 11.6 Å². The quantitative estimate of drug-likeness (QED) is 0.867. The summed E-state index contributed by atoms with van der Waals surface area (Å²) in [5, 5.41) is 10.5. The van der Waals surface area contributed by atoms with Crippen LogP contribution in [0.1, 0.15) is 18.1 Å². The van der Waals surface area contributed by atoms with Gasteiger partial charge >= 0.3 is 0 Å². The second-order valence-corrected chi connectivity index (χ2v) is 4.00. The van der Waals surface area contributed by atoms with Gasteiger partial charge in [-0.25, -0.2) is 4.39 Å². The van der Waals surface area contributed by atoms with Gasteiger partial charge in [0.05, 0.1) is 24.9 Å². The molecule has 5 heteroatoms. The molecule has 0 radical (unpaired) electrons. The van der Waals surface area contributed by atoms with Crippen LogP contribution in [0.15, 0.2) is 24.4 Å². The summed E-state index contributed by atoms with van der Waals surface area (Å²) >= 11 is 0. The van der Waals surface area contributed by atoms with Crippen LogP contribution in [0, 0.1) is 5.82 Å². The van der Waals surface area contributed by atoms with Crippen molar-refractivity contribution in [3.63, 3.8) is 0 Å². The van der Waals surface area contributed by atoms with Gasteiger partial charge in [-0.2, -0.15) is 0 Å². The minimum atomic E-state index is -0.937. The Bertz CT molecular complexity index is 560. The number of ether oxygens (including phenoxy) is 1. The highest BCUT2D eigenvalue weighted by Gasteiger charge is 2.17. The smallest absolute Gasteiger partial charge is 0.147 e. The van der Waals surface area contributed by atoms with E-state index in [4.69, 9.17) is 10.5 Å². The Balaban J connectivity index is 2.63. The highest BCUT2D eigenvalue weighted by Crippen LogP contribution is 2.29. The van der Waals surface area contributed by atoms with Crippen molar-refractivity contribution < 1.29 is 14.2 Å². The Kier molecular flexibility index (Phi) is 3.74. The maximum Gasteiger partial charge on any atom is 0.147 e. The summed E-state index contributed by atoms with van der Waals surface area (Å²) in [5.74, 6) is 0.0628. The monoisotopic (exact) mass is 250 g/mol. The summed E-state index contributed by atoms with van der Waals surface area (Å²) < 4.78 is 18.9. The van der Waals surface area contributed by atoms with Crippen LogP contribution in [0.25, 0.3) is 10.9 Å². The van der Waals surface area contributed by atoms with Crippen molar-refractivity contribution in [3.8, 4) is 5.75 Å². The SMILES string of the molecule is COc1ccc2ncc(F)c(C(O)CCN)c2c1. The molecule has 1 aromatic carbocycles. The summed E-state index contributed by atoms with van der Waals surface area (Å²) in [4.78, 5) is 3.99. The second-order valence-electron chi connectivity index (χ2n) is 4.00. The number of rotatable bonds is 4. The molecule has 0 aliphatic heterocycles. The van der Waals surface area contributed by atoms with E-state index in [-0.39, 0.29) is 12.1 Å². The third-order valence-corrected chi connectivity index (χ3v) is 2.84. The Labute approximate surface area is 104 Å². The van der Waals surface area contributed by atoms with Gasteiger partial charge in [0.15, 0.2) is 0 Å². The number of hydrogen-bond acceptors (Lipinski definition) is 4. The van der Waals surface area contributed by atoms with Crippen LogP contribution in [0.2, 0.25) is 0 Å². The normalized spacial score (nSPS) is 12.7. The van der Waals surface area contributed by atoms with Crippen molar-refractivity contribution in [3.05, 3.63) is 35.8 Å². The molecule has 0 amide bonds. The van der Waals surface area contributed by atoms with E-state index in [1.165, 1.54) is 7.11 Å². The topological polar surface area (TPSA) is 68.4 Å². The van der Waals surface area contributed by atoms with Crippen molar-refractivity contribution in [2.45, 2.75) is 12.5 Å². The molecule has 0 spiro atoms. The largest absolute Gasteiger partial charge is 0.497 e. The number of aromatic nitrogens is 1. The highest BCUT2D eigenvalue weighted by atomic mass is 19.1. The van der Waals surface area contributed by atoms with Gasteiger partial charge in [-0.15, -0.1) is 0 Å². The lowest BCUT2D eigenvalue weighted by atomic mass is 10.0. The molecule has 1 unspecified atom stereocenters. The summed E-state index contributed by atoms with van der Waals surface area (Å²) in [6.07, 6.45) is 0.476. The van der Waals surface area contributed by atoms with Crippen LogP contribution >= 0.6 is 0 Å². The molecule has 0 bridgehead atoms. The number of aliphatic hydroxyl groups excluding tert-OH is 1. The second kappa shape index (κ2) is 5.29. The third-order valence-electron chi connectivity index (χ3n) is 2.84. The van der Waals surface area contributed by atoms with E-state index < -0.39 is 11.9 Å². The highest BCUT2D eigenvalue weighted by molar-refractivity contribution is 5.84. The Morgan fingerprint density at radius 1 is 1.50 bits per heavy atom. The molecular formula is C13H15FN2O2. The van der Waals surface area contributed by atoms with Crippen LogP contribution in [-0.4, -0.2) is 23.7 Å². The fourth-order valence-electron chi connectivity index (χ4n) is 1.94. The van der Waals surface area contributed by atoms with Gasteiger partial charge in [0.25, 0.3) is 0 Å². The van der Waals surface area contributed by atoms with E-state index in [1.807, 2.05) is 0 Å². The van der Waals surface area contributed by atoms with E-state index in [0.29, 0.717) is 23.1 Å². The number of benzene rings is 1. The summed E-state index contributed by atoms with van der Waals surface area (Å²) in [6, 6.07) is 5.14. The molecule has 1 aromatic heterocycles. The molecule has 0 aliphatic rings. The van der Waals surface area contributed by atoms with E-state index >= 15 is 0 Å². The molecule has 0 saturated carbocycles. The van der Waals surface area contributed by atoms with E-state index in [2.05, 4.69) is 4.98 Å². The number of nitrogens with two attached hydrogens (primary N) is 1. The van der Waals surface area contributed by atoms with Crippen LogP contribution < -0.4 is 10.5 Å². The Hall–Kier alpha value is -1.72. The van der Waals surface area contributed by atoms with Crippen molar-refractivity contribution in [1.29, 1.82) is 0 Å². The maximum absolute atomic E-state index is 13.8. The molecule has 2 aromatic rings. The molecule has 0 saturated heterocycles. The zero-order valence-electron chi connectivity index (χ0n) is 10.1. The standard InChI is InChI=1S/C13H15FN2O2/c1-18-8-2-3-11-9(6-8)13(10(14)7-16-11)12(17)4-5-15/h2-3,6-7,12,17H,4-5,15H2,1H3. The molecule has 4 nitrogen and oxygen atoms in total. The van der Waals surface area contributed by atoms with Crippen molar-refractivity contribution >= 4 is 10.9 Å². The fraction of sp³-hybridized carbons (Fsp3) is 0.308. The summed E-state index contributed by atoms with van der Waals surface area (Å²) in [6.45, 7) is 0.286. The van der Waals surface area contributed by atoms with E-state index in [1.54, 1.807) is 18.2 Å². The van der Waals surface area contributed by atoms with Crippen LogP contribution in [0.5, 0.6) is 5.75 Å². The van der Waals surface area contributed by atoms with Crippen molar-refractivity contribution in [1.82, 2.24) is 4.98 Å². The van der Waals surface area contributed by atoms with Gasteiger partial charge in [-0.1, -0.05) is 0 Å². The first-order chi connectivity index (χ1) is 8.67. The van der Waals surface area contributed by atoms with Gasteiger partial charge in [0, 0.05) is 10.9 Å². The zero-order chi connectivity index (χ0) is 13.1. The molecule has 3 N–H and O–H groups in total. The third kappa shape index (κ3) is 2.27. The Morgan fingerprint density at radius 2 is 2.28 bits per heavy atom. The number of nitrogens with zero attached hydrogens (tertiary/aromatic N) is 1. The number of aliphatic hydroxyl groups is 1. The maximum atomic E-state index is 13.8. The van der Waals surface area contributed by atoms with E-state index in [9.17, 15) is 9.50 Å². The van der Waals surface area contributed by atoms with Crippen LogP contribution in [0.3, 0.4) is 0 Å². The summed E-state index contributed by atoms with van der Waals surface area (Å²) in [7, 11) is 1.53. The average Bonchev–Trinajstić information content (AvgIpc) is 2.38. The first-order valence-corrected chi connectivity index (χ1v) is 5.67. The number of methoxy groups -OCH3 is 1. The van der Waals surface area contributed by atoms with Crippen LogP contribution in [-0.2, 0) is 0 Å². The first-order valence-electron chi connectivity index (χ1n) is 5.67. The predicted molar refractivity (Wildman–Crippen MR) is 66.9 cm³/mol. The minimum Gasteiger partial charge on any atom is -0.497 e. The number of hydrogen-bond donors (Lipinski definition) is 2. The summed E-state index contributed by atoms with van der Waals surface area (Å²) in [5.41, 5.74) is 6.23. The van der Waals surface area contributed by atoms with Gasteiger partial charge in [-0.05, 0) is 31.2 Å². The molecule has 2 rings (SSSR count). The van der Waals surface area contributed by atoms with Gasteiger partial charge < -0.3 is 15.6 Å². The molecule has 0 fully saturated rings. The molecule has 1 atom stereocenters. The van der Waals surface area contributed by atoms with Crippen LogP contribution in [0.4, 0.5) is 4.39 Å². The van der Waals surface area contributed by atoms with Gasteiger partial charge in [-0.3, -0.25) is 4.98 Å². The average molecular weight is 250 g/mol. The lowest BCUT2D eigenvalue weighted by Gasteiger charge is -2.14. The molecular weight excluding hydrogens is 235 g/mol. The molecule has 1 heterocycles. The molecule has 18 heavy (non-hydrogen) atoms. The fourth-order valence-corrected chi connectivity index (χ4v) is 1.94. The predicted octanol–water partition coefficient (Wildman–Crippen LogP) is 1.76. The van der Waals surface area contributed by atoms with Gasteiger partial charge in [0.2, 0.25) is 0 Å². The van der Waals surface area contributed by atoms with Crippen molar-refractivity contribution in [2.24, 2.45) is 5.73 Å². The zero-order valence-corrected chi connectivity index (χ0v) is 10.1. The Morgan fingerprint density at radius 3 is 2.94 bits per heavy atom. The number of halogens is 1. The number of fused-ring (bicyclic) bond motifs is 1. The first kappa shape index (κ1) is 12.7. The molecule has 96 valence electrons. The number of pyridine rings is 1. The van der Waals surface area contributed by atoms with E-state index in [0.717, 1.165) is 6.20 Å². The lowest BCUT2D eigenvalue weighted by Crippen LogP contribution is -2.09. The minimum absolute atomic E-state index is 0.226. The van der Waals surface area contributed by atoms with Crippen molar-refractivity contribution in [2.75, 3.05) is 13.7 Å².